The summed E-state index contributed by atoms with van der Waals surface area (Å²) >= 11 is 0. The van der Waals surface area contributed by atoms with Gasteiger partial charge < -0.3 is 10.5 Å². The van der Waals surface area contributed by atoms with E-state index in [1.54, 1.807) is 0 Å². The molecule has 0 saturated heterocycles. The van der Waals surface area contributed by atoms with Gasteiger partial charge in [-0.15, -0.1) is 12.4 Å². The van der Waals surface area contributed by atoms with E-state index in [0.717, 1.165) is 18.2 Å². The highest BCUT2D eigenvalue weighted by atomic mass is 35.5. The highest BCUT2D eigenvalue weighted by Gasteiger charge is 2.20. The molecule has 0 bridgehead atoms. The van der Waals surface area contributed by atoms with Crippen LogP contribution < -0.4 is 15.2 Å². The van der Waals surface area contributed by atoms with E-state index in [2.05, 4.69) is 4.72 Å². The molecule has 0 amide bonds. The maximum Gasteiger partial charge on any atom is 0.310 e. The Morgan fingerprint density at radius 3 is 2.60 bits per heavy atom. The van der Waals surface area contributed by atoms with Crippen molar-refractivity contribution in [3.63, 3.8) is 0 Å². The quantitative estimate of drug-likeness (QED) is 0.431. The van der Waals surface area contributed by atoms with Gasteiger partial charge in [-0.05, 0) is 19.0 Å². The predicted molar refractivity (Wildman–Crippen MR) is 75.8 cm³/mol. The van der Waals surface area contributed by atoms with Crippen molar-refractivity contribution in [1.82, 2.24) is 4.72 Å². The molecule has 0 saturated carbocycles. The summed E-state index contributed by atoms with van der Waals surface area (Å²) < 4.78 is 30.9. The van der Waals surface area contributed by atoms with Gasteiger partial charge >= 0.3 is 5.69 Å². The van der Waals surface area contributed by atoms with Crippen molar-refractivity contribution in [2.45, 2.75) is 11.3 Å². The van der Waals surface area contributed by atoms with Crippen LogP contribution in [0.1, 0.15) is 6.42 Å². The van der Waals surface area contributed by atoms with Crippen LogP contribution in [0.5, 0.6) is 5.75 Å². The third-order valence-corrected chi connectivity index (χ3v) is 3.79. The number of benzene rings is 1. The molecular weight excluding hydrogens is 310 g/mol. The van der Waals surface area contributed by atoms with E-state index >= 15 is 0 Å². The summed E-state index contributed by atoms with van der Waals surface area (Å²) in [5.74, 6) is -0.105. The lowest BCUT2D eigenvalue weighted by molar-refractivity contribution is -0.385. The second kappa shape index (κ2) is 8.00. The van der Waals surface area contributed by atoms with E-state index in [1.807, 2.05) is 0 Å². The molecule has 0 unspecified atom stereocenters. The average Bonchev–Trinajstić information content (AvgIpc) is 2.38. The number of nitro groups is 1. The molecule has 20 heavy (non-hydrogen) atoms. The molecule has 0 radical (unpaired) electrons. The van der Waals surface area contributed by atoms with Gasteiger partial charge in [0.15, 0.2) is 5.75 Å². The van der Waals surface area contributed by atoms with E-state index in [1.165, 1.54) is 7.11 Å². The third-order valence-electron chi connectivity index (χ3n) is 2.33. The fraction of sp³-hybridized carbons (Fsp3) is 0.400. The number of nitrogens with one attached hydrogen (secondary N) is 1. The zero-order valence-electron chi connectivity index (χ0n) is 10.7. The maximum atomic E-state index is 11.9. The molecular formula is C10H16ClN3O5S. The fourth-order valence-electron chi connectivity index (χ4n) is 1.37. The first-order valence-electron chi connectivity index (χ1n) is 5.44. The molecule has 0 aliphatic rings. The van der Waals surface area contributed by atoms with Crippen molar-refractivity contribution in [3.8, 4) is 5.75 Å². The maximum absolute atomic E-state index is 11.9. The zero-order chi connectivity index (χ0) is 14.5. The van der Waals surface area contributed by atoms with Gasteiger partial charge in [0, 0.05) is 18.7 Å². The molecule has 10 heteroatoms. The first kappa shape index (κ1) is 18.6. The van der Waals surface area contributed by atoms with Crippen LogP contribution in [0.4, 0.5) is 5.69 Å². The van der Waals surface area contributed by atoms with Gasteiger partial charge in [-0.2, -0.15) is 0 Å². The molecule has 0 spiro atoms. The number of ether oxygens (including phenoxy) is 1. The van der Waals surface area contributed by atoms with E-state index in [-0.39, 0.29) is 35.3 Å². The summed E-state index contributed by atoms with van der Waals surface area (Å²) in [6.07, 6.45) is 0.503. The number of nitrogens with two attached hydrogens (primary N) is 1. The van der Waals surface area contributed by atoms with Gasteiger partial charge in [0.05, 0.1) is 16.9 Å². The van der Waals surface area contributed by atoms with Gasteiger partial charge in [-0.1, -0.05) is 0 Å². The van der Waals surface area contributed by atoms with Crippen molar-refractivity contribution < 1.29 is 18.1 Å². The Morgan fingerprint density at radius 1 is 1.45 bits per heavy atom. The Bertz CT molecular complexity index is 564. The Kier molecular flexibility index (Phi) is 7.43. The molecule has 0 fully saturated rings. The molecule has 0 atom stereocenters. The Morgan fingerprint density at radius 2 is 2.10 bits per heavy atom. The normalized spacial score (nSPS) is 10.7. The summed E-state index contributed by atoms with van der Waals surface area (Å²) in [6, 6.07) is 3.37. The van der Waals surface area contributed by atoms with Crippen molar-refractivity contribution in [2.75, 3.05) is 20.2 Å². The molecule has 8 nitrogen and oxygen atoms in total. The lowest BCUT2D eigenvalue weighted by Gasteiger charge is -2.08. The third kappa shape index (κ3) is 4.60. The van der Waals surface area contributed by atoms with Crippen LogP contribution >= 0.6 is 12.4 Å². The minimum atomic E-state index is -3.72. The second-order valence-electron chi connectivity index (χ2n) is 3.63. The predicted octanol–water partition coefficient (Wildman–Crippen LogP) is 0.652. The van der Waals surface area contributed by atoms with Crippen LogP contribution in [-0.2, 0) is 10.0 Å². The Hall–Kier alpha value is -1.42. The van der Waals surface area contributed by atoms with E-state index in [4.69, 9.17) is 10.5 Å². The summed E-state index contributed by atoms with van der Waals surface area (Å²) in [5, 5.41) is 10.7. The number of sulfonamides is 1. The van der Waals surface area contributed by atoms with Crippen LogP contribution in [0.3, 0.4) is 0 Å². The van der Waals surface area contributed by atoms with Crippen molar-refractivity contribution in [3.05, 3.63) is 28.3 Å². The molecule has 1 rings (SSSR count). The van der Waals surface area contributed by atoms with E-state index in [9.17, 15) is 18.5 Å². The highest BCUT2D eigenvalue weighted by Crippen LogP contribution is 2.29. The number of hydrogen-bond acceptors (Lipinski definition) is 6. The summed E-state index contributed by atoms with van der Waals surface area (Å²) in [6.45, 7) is 0.574. The largest absolute Gasteiger partial charge is 0.490 e. The first-order chi connectivity index (χ1) is 8.92. The van der Waals surface area contributed by atoms with Crippen LogP contribution in [0.15, 0.2) is 23.1 Å². The van der Waals surface area contributed by atoms with Crippen LogP contribution in [0.2, 0.25) is 0 Å². The smallest absolute Gasteiger partial charge is 0.310 e. The highest BCUT2D eigenvalue weighted by molar-refractivity contribution is 7.89. The zero-order valence-corrected chi connectivity index (χ0v) is 12.4. The number of methoxy groups -OCH3 is 1. The monoisotopic (exact) mass is 325 g/mol. The number of hydrogen-bond donors (Lipinski definition) is 2. The SMILES string of the molecule is COc1cc(S(=O)(=O)NCCCN)ccc1[N+](=O)[O-].Cl. The van der Waals surface area contributed by atoms with Gasteiger partial charge in [0.1, 0.15) is 0 Å². The standard InChI is InChI=1S/C10H15N3O5S.ClH/c1-18-10-7-8(3-4-9(10)13(14)15)19(16,17)12-6-2-5-11;/h3-4,7,12H,2,5-6,11H2,1H3;1H. The molecule has 114 valence electrons. The molecule has 0 aliphatic heterocycles. The van der Waals surface area contributed by atoms with E-state index < -0.39 is 14.9 Å². The number of nitro benzene ring substituents is 1. The van der Waals surface area contributed by atoms with E-state index in [0.29, 0.717) is 13.0 Å². The van der Waals surface area contributed by atoms with Gasteiger partial charge in [-0.25, -0.2) is 13.1 Å². The lowest BCUT2D eigenvalue weighted by Crippen LogP contribution is -2.26. The molecule has 0 heterocycles. The number of nitrogens with zero attached hydrogens (tertiary/aromatic N) is 1. The molecule has 0 aromatic heterocycles. The summed E-state index contributed by atoms with van der Waals surface area (Å²) in [4.78, 5) is 9.97. The second-order valence-corrected chi connectivity index (χ2v) is 5.40. The number of rotatable bonds is 7. The molecule has 1 aromatic carbocycles. The lowest BCUT2D eigenvalue weighted by atomic mass is 10.3. The van der Waals surface area contributed by atoms with Crippen LogP contribution in [0, 0.1) is 10.1 Å². The van der Waals surface area contributed by atoms with Crippen LogP contribution in [-0.4, -0.2) is 33.5 Å². The van der Waals surface area contributed by atoms with Crippen molar-refractivity contribution >= 4 is 28.1 Å². The minimum Gasteiger partial charge on any atom is -0.490 e. The van der Waals surface area contributed by atoms with Crippen molar-refractivity contribution in [2.24, 2.45) is 5.73 Å². The molecule has 3 N–H and O–H groups in total. The number of halogens is 1. The topological polar surface area (TPSA) is 125 Å². The van der Waals surface area contributed by atoms with Gasteiger partial charge in [0.25, 0.3) is 0 Å². The van der Waals surface area contributed by atoms with Gasteiger partial charge in [0.2, 0.25) is 10.0 Å². The average molecular weight is 326 g/mol. The minimum absolute atomic E-state index is 0. The summed E-state index contributed by atoms with van der Waals surface area (Å²) in [7, 11) is -2.48. The first-order valence-corrected chi connectivity index (χ1v) is 6.93. The fourth-order valence-corrected chi connectivity index (χ4v) is 2.46. The van der Waals surface area contributed by atoms with Gasteiger partial charge in [-0.3, -0.25) is 10.1 Å². The Labute approximate surface area is 122 Å². The van der Waals surface area contributed by atoms with Crippen LogP contribution in [0.25, 0.3) is 0 Å². The molecule has 0 aliphatic carbocycles. The van der Waals surface area contributed by atoms with Crippen molar-refractivity contribution in [1.29, 1.82) is 0 Å². The Balaban J connectivity index is 0.00000361. The summed E-state index contributed by atoms with van der Waals surface area (Å²) in [5.41, 5.74) is 4.98. The molecule has 1 aromatic rings.